The first-order valence-electron chi connectivity index (χ1n) is 16.3. The second kappa shape index (κ2) is 13.4. The van der Waals surface area contributed by atoms with Crippen LogP contribution >= 0.6 is 15.9 Å². The highest BCUT2D eigenvalue weighted by Crippen LogP contribution is 2.59. The van der Waals surface area contributed by atoms with Crippen molar-refractivity contribution in [1.82, 2.24) is 15.1 Å². The average molecular weight is 685 g/mol. The largest absolute Gasteiger partial charge is 0.455 e. The van der Waals surface area contributed by atoms with Crippen LogP contribution in [0.3, 0.4) is 0 Å². The lowest BCUT2D eigenvalue weighted by atomic mass is 9.74. The monoisotopic (exact) mass is 683 g/mol. The Balaban J connectivity index is 1.44. The number of benzene rings is 1. The summed E-state index contributed by atoms with van der Waals surface area (Å²) in [5.41, 5.74) is -0.690. The van der Waals surface area contributed by atoms with Gasteiger partial charge >= 0.3 is 5.97 Å². The Labute approximate surface area is 272 Å². The maximum atomic E-state index is 14.9. The number of aliphatic hydroxyl groups is 1. The molecule has 0 radical (unpaired) electrons. The van der Waals surface area contributed by atoms with Gasteiger partial charge in [-0.1, -0.05) is 84.6 Å². The fraction of sp³-hybridized carbons (Fsp3) is 0.588. The molecular formula is C34H42BrN3O7. The second-order valence-corrected chi connectivity index (χ2v) is 13.7. The van der Waals surface area contributed by atoms with Crippen LogP contribution in [0.25, 0.3) is 0 Å². The van der Waals surface area contributed by atoms with Gasteiger partial charge in [0.15, 0.2) is 0 Å². The molecule has 4 heterocycles. The predicted octanol–water partition coefficient (Wildman–Crippen LogP) is 3.54. The van der Waals surface area contributed by atoms with Gasteiger partial charge in [0.1, 0.15) is 29.8 Å². The number of hydrogen-bond acceptors (Lipinski definition) is 7. The molecule has 6 rings (SSSR count). The van der Waals surface area contributed by atoms with Crippen LogP contribution in [0.1, 0.15) is 70.0 Å². The van der Waals surface area contributed by atoms with Crippen molar-refractivity contribution in [3.05, 3.63) is 58.6 Å². The number of likely N-dealkylation sites (tertiary alicyclic amines) is 1. The van der Waals surface area contributed by atoms with E-state index in [-0.39, 0.29) is 43.3 Å². The molecular weight excluding hydrogens is 642 g/mol. The van der Waals surface area contributed by atoms with Crippen LogP contribution in [0.5, 0.6) is 0 Å². The molecule has 7 atom stereocenters. The molecule has 1 aromatic rings. The highest BCUT2D eigenvalue weighted by atomic mass is 79.9. The molecule has 1 aliphatic carbocycles. The van der Waals surface area contributed by atoms with Crippen LogP contribution in [0.15, 0.2) is 53.0 Å². The van der Waals surface area contributed by atoms with Crippen molar-refractivity contribution in [2.24, 2.45) is 11.8 Å². The van der Waals surface area contributed by atoms with Crippen molar-refractivity contribution >= 4 is 39.6 Å². The Hall–Kier alpha value is -3.02. The first kappa shape index (κ1) is 31.9. The SMILES string of the molecule is CC[C@@H](CO)N1C(=O)[C@@H]2[C@H]3C(=O)O[C@@H](c4ccccc4)CNC(=O)CC/C=C\CN(C4CCCCC4)C(=O)[C@@H]1[C@]21C=C(Br)[C@H]3O1. The van der Waals surface area contributed by atoms with Gasteiger partial charge in [0.2, 0.25) is 17.7 Å². The van der Waals surface area contributed by atoms with Gasteiger partial charge in [0.25, 0.3) is 0 Å². The van der Waals surface area contributed by atoms with E-state index in [1.54, 1.807) is 6.08 Å². The average Bonchev–Trinajstić information content (AvgIpc) is 3.65. The normalized spacial score (nSPS) is 34.3. The Bertz CT molecular complexity index is 1360. The number of nitrogens with one attached hydrogen (secondary N) is 1. The molecule has 11 heteroatoms. The molecule has 2 N–H and O–H groups in total. The minimum absolute atomic E-state index is 0.0127. The van der Waals surface area contributed by atoms with E-state index < -0.39 is 47.7 Å². The van der Waals surface area contributed by atoms with Crippen LogP contribution in [-0.2, 0) is 28.7 Å². The van der Waals surface area contributed by atoms with Crippen molar-refractivity contribution in [1.29, 1.82) is 0 Å². The Morgan fingerprint density at radius 1 is 1.07 bits per heavy atom. The highest BCUT2D eigenvalue weighted by Gasteiger charge is 2.75. The highest BCUT2D eigenvalue weighted by molar-refractivity contribution is 9.11. The van der Waals surface area contributed by atoms with Crippen molar-refractivity contribution < 1.29 is 33.8 Å². The van der Waals surface area contributed by atoms with Gasteiger partial charge in [-0.05, 0) is 37.3 Å². The summed E-state index contributed by atoms with van der Waals surface area (Å²) in [4.78, 5) is 59.7. The number of rotatable bonds is 5. The number of cyclic esters (lactones) is 1. The Morgan fingerprint density at radius 3 is 2.53 bits per heavy atom. The van der Waals surface area contributed by atoms with E-state index in [1.165, 1.54) is 4.90 Å². The van der Waals surface area contributed by atoms with Crippen molar-refractivity contribution in [2.75, 3.05) is 19.7 Å². The number of aliphatic hydroxyl groups excluding tert-OH is 1. The zero-order valence-corrected chi connectivity index (χ0v) is 27.2. The molecule has 3 fully saturated rings. The standard InChI is InChI=1S/C34H42BrN3O7/c1-2-22(20-39)38-30-32(42)37(23-14-8-4-9-15-23)17-11-5-10-16-26(40)36-19-25(21-12-6-3-7-13-21)44-33(43)27-28(31(38)41)34(30)18-24(35)29(27)45-34/h3,5-7,11-13,18,22-23,25,27-30,39H,2,4,8-10,14-17,19-20H2,1H3,(H,36,40)/b11-5-/t22-,25+,27+,28-,29+,30+,34-/m0/s1. The number of ether oxygens (including phenoxy) is 2. The zero-order valence-electron chi connectivity index (χ0n) is 25.6. The molecule has 2 saturated heterocycles. The number of carbonyl (C=O) groups is 4. The number of fused-ring (bicyclic) bond motifs is 2. The molecule has 45 heavy (non-hydrogen) atoms. The number of esters is 1. The summed E-state index contributed by atoms with van der Waals surface area (Å²) in [6, 6.07) is 7.48. The second-order valence-electron chi connectivity index (χ2n) is 12.8. The quantitative estimate of drug-likeness (QED) is 0.359. The van der Waals surface area contributed by atoms with Gasteiger partial charge in [-0.2, -0.15) is 0 Å². The third-order valence-corrected chi connectivity index (χ3v) is 10.8. The van der Waals surface area contributed by atoms with Crippen LogP contribution in [0.4, 0.5) is 0 Å². The van der Waals surface area contributed by atoms with Gasteiger partial charge in [-0.25, -0.2) is 0 Å². The molecule has 4 aliphatic heterocycles. The lowest BCUT2D eigenvalue weighted by Gasteiger charge is -2.41. The lowest BCUT2D eigenvalue weighted by Crippen LogP contribution is -2.60. The van der Waals surface area contributed by atoms with E-state index in [0.717, 1.165) is 32.1 Å². The van der Waals surface area contributed by atoms with Crippen molar-refractivity contribution in [3.63, 3.8) is 0 Å². The smallest absolute Gasteiger partial charge is 0.313 e. The van der Waals surface area contributed by atoms with Crippen molar-refractivity contribution in [3.8, 4) is 0 Å². The van der Waals surface area contributed by atoms with E-state index in [1.807, 2.05) is 54.3 Å². The number of nitrogens with zero attached hydrogens (tertiary/aromatic N) is 2. The first-order chi connectivity index (χ1) is 21.8. The molecule has 0 unspecified atom stereocenters. The number of hydrogen-bond donors (Lipinski definition) is 2. The van der Waals surface area contributed by atoms with E-state index >= 15 is 0 Å². The molecule has 1 aromatic carbocycles. The number of allylic oxidation sites excluding steroid dienone is 1. The summed E-state index contributed by atoms with van der Waals surface area (Å²) in [6.45, 7) is 1.95. The third-order valence-electron chi connectivity index (χ3n) is 10.2. The van der Waals surface area contributed by atoms with Gasteiger partial charge in [-0.3, -0.25) is 19.2 Å². The first-order valence-corrected chi connectivity index (χ1v) is 17.1. The fourth-order valence-corrected chi connectivity index (χ4v) is 8.65. The zero-order chi connectivity index (χ0) is 31.7. The predicted molar refractivity (Wildman–Crippen MR) is 169 cm³/mol. The van der Waals surface area contributed by atoms with E-state index in [2.05, 4.69) is 21.2 Å². The van der Waals surface area contributed by atoms with Gasteiger partial charge in [0.05, 0.1) is 25.1 Å². The number of amides is 3. The van der Waals surface area contributed by atoms with E-state index in [9.17, 15) is 24.3 Å². The molecule has 1 spiro atoms. The van der Waals surface area contributed by atoms with Crippen LogP contribution < -0.4 is 5.32 Å². The summed E-state index contributed by atoms with van der Waals surface area (Å²) in [7, 11) is 0. The molecule has 5 aliphatic rings. The molecule has 242 valence electrons. The Kier molecular flexibility index (Phi) is 9.49. The maximum Gasteiger partial charge on any atom is 0.313 e. The van der Waals surface area contributed by atoms with Gasteiger partial charge < -0.3 is 29.7 Å². The summed E-state index contributed by atoms with van der Waals surface area (Å²) >= 11 is 3.60. The molecule has 1 saturated carbocycles. The van der Waals surface area contributed by atoms with Crippen LogP contribution in [-0.4, -0.2) is 88.1 Å². The molecule has 3 amide bonds. The van der Waals surface area contributed by atoms with Gasteiger partial charge in [-0.15, -0.1) is 0 Å². The number of halogens is 1. The topological polar surface area (TPSA) is 125 Å². The van der Waals surface area contributed by atoms with Crippen molar-refractivity contribution in [2.45, 2.75) is 94.2 Å². The van der Waals surface area contributed by atoms with Gasteiger partial charge in [0, 0.05) is 23.5 Å². The summed E-state index contributed by atoms with van der Waals surface area (Å²) in [5.74, 6) is -3.46. The van der Waals surface area contributed by atoms with Crippen LogP contribution in [0.2, 0.25) is 0 Å². The lowest BCUT2D eigenvalue weighted by molar-refractivity contribution is -0.160. The summed E-state index contributed by atoms with van der Waals surface area (Å²) < 4.78 is 13.3. The minimum atomic E-state index is -1.40. The van der Waals surface area contributed by atoms with E-state index in [4.69, 9.17) is 9.47 Å². The molecule has 5 bridgehead atoms. The molecule has 10 nitrogen and oxygen atoms in total. The van der Waals surface area contributed by atoms with Crippen LogP contribution in [0, 0.1) is 11.8 Å². The van der Waals surface area contributed by atoms with E-state index in [0.29, 0.717) is 29.4 Å². The number of carbonyl (C=O) groups excluding carboxylic acids is 4. The molecule has 0 aromatic heterocycles. The minimum Gasteiger partial charge on any atom is -0.455 e. The fourth-order valence-electron chi connectivity index (χ4n) is 7.91. The summed E-state index contributed by atoms with van der Waals surface area (Å²) in [6.07, 6.45) is 10.1. The maximum absolute atomic E-state index is 14.9. The summed E-state index contributed by atoms with van der Waals surface area (Å²) in [5, 5.41) is 13.3. The third kappa shape index (κ3) is 5.76. The Morgan fingerprint density at radius 2 is 1.82 bits per heavy atom.